The first-order chi connectivity index (χ1) is 7.89. The van der Waals surface area contributed by atoms with Gasteiger partial charge in [0.25, 0.3) is 0 Å². The van der Waals surface area contributed by atoms with Crippen molar-refractivity contribution in [1.29, 1.82) is 0 Å². The number of nitrogens with one attached hydrogen (secondary N) is 2. The molecule has 0 bridgehead atoms. The third kappa shape index (κ3) is 4.66. The van der Waals surface area contributed by atoms with Crippen LogP contribution in [0.4, 0.5) is 19.1 Å². The molecular formula is C9H11F3N4O. The third-order valence-electron chi connectivity index (χ3n) is 1.73. The summed E-state index contributed by atoms with van der Waals surface area (Å²) in [6, 6.07) is 0.791. The molecule has 1 amide bonds. The number of alkyl halides is 3. The Morgan fingerprint density at radius 2 is 2.12 bits per heavy atom. The van der Waals surface area contributed by atoms with Gasteiger partial charge in [0, 0.05) is 26.2 Å². The number of halogens is 3. The van der Waals surface area contributed by atoms with Crippen molar-refractivity contribution in [3.8, 4) is 0 Å². The van der Waals surface area contributed by atoms with Crippen LogP contribution in [-0.2, 0) is 11.0 Å². The van der Waals surface area contributed by atoms with Crippen LogP contribution in [0.1, 0.15) is 12.6 Å². The van der Waals surface area contributed by atoms with Crippen LogP contribution in [0.3, 0.4) is 0 Å². The van der Waals surface area contributed by atoms with Crippen molar-refractivity contribution < 1.29 is 18.0 Å². The Balaban J connectivity index is 2.52. The highest BCUT2D eigenvalue weighted by Gasteiger charge is 2.32. The van der Waals surface area contributed by atoms with E-state index in [1.807, 2.05) is 0 Å². The van der Waals surface area contributed by atoms with Gasteiger partial charge in [0.05, 0.1) is 0 Å². The molecule has 0 aromatic carbocycles. The molecule has 0 aliphatic carbocycles. The number of carbonyl (C=O) groups excluding carboxylic acids is 1. The van der Waals surface area contributed by atoms with Gasteiger partial charge in [-0.2, -0.15) is 13.2 Å². The molecule has 0 saturated heterocycles. The quantitative estimate of drug-likeness (QED) is 0.781. The zero-order chi connectivity index (χ0) is 12.9. The van der Waals surface area contributed by atoms with E-state index in [1.165, 1.54) is 6.92 Å². The molecule has 8 heteroatoms. The minimum absolute atomic E-state index is 0.120. The zero-order valence-corrected chi connectivity index (χ0v) is 9.01. The smallest absolute Gasteiger partial charge is 0.355 e. The number of carbonyl (C=O) groups is 1. The van der Waals surface area contributed by atoms with E-state index in [0.29, 0.717) is 0 Å². The van der Waals surface area contributed by atoms with Crippen LogP contribution in [0.2, 0.25) is 0 Å². The molecule has 17 heavy (non-hydrogen) atoms. The van der Waals surface area contributed by atoms with Gasteiger partial charge in [-0.15, -0.1) is 0 Å². The fourth-order valence-corrected chi connectivity index (χ4v) is 1.01. The van der Waals surface area contributed by atoms with E-state index in [0.717, 1.165) is 12.3 Å². The summed E-state index contributed by atoms with van der Waals surface area (Å²) in [5, 5.41) is 5.06. The minimum Gasteiger partial charge on any atom is -0.355 e. The van der Waals surface area contributed by atoms with Gasteiger partial charge in [0.15, 0.2) is 0 Å². The Kier molecular flexibility index (Phi) is 4.24. The van der Waals surface area contributed by atoms with Crippen molar-refractivity contribution >= 4 is 11.9 Å². The van der Waals surface area contributed by atoms with E-state index in [2.05, 4.69) is 20.6 Å². The second-order valence-corrected chi connectivity index (χ2v) is 3.17. The molecule has 0 unspecified atom stereocenters. The summed E-state index contributed by atoms with van der Waals surface area (Å²) in [6.45, 7) is 1.89. The second-order valence-electron chi connectivity index (χ2n) is 3.17. The monoisotopic (exact) mass is 248 g/mol. The molecule has 1 rings (SSSR count). The molecule has 94 valence electrons. The topological polar surface area (TPSA) is 66.9 Å². The Morgan fingerprint density at radius 3 is 2.71 bits per heavy atom. The fourth-order valence-electron chi connectivity index (χ4n) is 1.01. The average molecular weight is 248 g/mol. The predicted octanol–water partition coefficient (Wildman–Crippen LogP) is 1.04. The summed E-state index contributed by atoms with van der Waals surface area (Å²) in [5.74, 6) is -0.332. The van der Waals surface area contributed by atoms with Crippen molar-refractivity contribution in [2.24, 2.45) is 0 Å². The van der Waals surface area contributed by atoms with Crippen molar-refractivity contribution in [2.45, 2.75) is 13.1 Å². The van der Waals surface area contributed by atoms with E-state index >= 15 is 0 Å². The summed E-state index contributed by atoms with van der Waals surface area (Å²) in [5.41, 5.74) is -1.01. The minimum atomic E-state index is -4.49. The predicted molar refractivity (Wildman–Crippen MR) is 54.2 cm³/mol. The van der Waals surface area contributed by atoms with Gasteiger partial charge >= 0.3 is 6.18 Å². The number of rotatable bonds is 4. The molecule has 0 aliphatic rings. The third-order valence-corrected chi connectivity index (χ3v) is 1.73. The molecule has 0 radical (unpaired) electrons. The highest BCUT2D eigenvalue weighted by molar-refractivity contribution is 5.72. The van der Waals surface area contributed by atoms with Crippen LogP contribution in [0.25, 0.3) is 0 Å². The molecule has 2 N–H and O–H groups in total. The largest absolute Gasteiger partial charge is 0.433 e. The Labute approximate surface area is 95.5 Å². The number of aromatic nitrogens is 2. The van der Waals surface area contributed by atoms with Crippen molar-refractivity contribution in [3.05, 3.63) is 18.0 Å². The number of hydrogen-bond donors (Lipinski definition) is 2. The SMILES string of the molecule is CC(=O)NCCNc1nccc(C(F)(F)F)n1. The molecule has 0 spiro atoms. The molecule has 1 aromatic rings. The van der Waals surface area contributed by atoms with Gasteiger partial charge in [-0.1, -0.05) is 0 Å². The van der Waals surface area contributed by atoms with Crippen molar-refractivity contribution in [2.75, 3.05) is 18.4 Å². The molecule has 1 aromatic heterocycles. The average Bonchev–Trinajstić information content (AvgIpc) is 2.23. The lowest BCUT2D eigenvalue weighted by atomic mass is 10.4. The van der Waals surface area contributed by atoms with Gasteiger partial charge in [-0.25, -0.2) is 9.97 Å². The number of nitrogens with zero attached hydrogens (tertiary/aromatic N) is 2. The maximum Gasteiger partial charge on any atom is 0.433 e. The molecule has 0 fully saturated rings. The van der Waals surface area contributed by atoms with E-state index in [9.17, 15) is 18.0 Å². The molecule has 0 aliphatic heterocycles. The standard InChI is InChI=1S/C9H11F3N4O/c1-6(17)13-4-5-15-8-14-3-2-7(16-8)9(10,11)12/h2-3H,4-5H2,1H3,(H,13,17)(H,14,15,16). The fraction of sp³-hybridized carbons (Fsp3) is 0.444. The first-order valence-electron chi connectivity index (χ1n) is 4.78. The van der Waals surface area contributed by atoms with Gasteiger partial charge in [-0.3, -0.25) is 4.79 Å². The highest BCUT2D eigenvalue weighted by Crippen LogP contribution is 2.27. The number of amides is 1. The number of hydrogen-bond acceptors (Lipinski definition) is 4. The summed E-state index contributed by atoms with van der Waals surface area (Å²) in [4.78, 5) is 17.5. The van der Waals surface area contributed by atoms with Gasteiger partial charge in [0.1, 0.15) is 5.69 Å². The first kappa shape index (κ1) is 13.2. The van der Waals surface area contributed by atoms with Crippen LogP contribution in [-0.4, -0.2) is 29.0 Å². The lowest BCUT2D eigenvalue weighted by Gasteiger charge is -2.08. The first-order valence-corrected chi connectivity index (χ1v) is 4.78. The Morgan fingerprint density at radius 1 is 1.41 bits per heavy atom. The second kappa shape index (κ2) is 5.46. The van der Waals surface area contributed by atoms with Crippen LogP contribution < -0.4 is 10.6 Å². The summed E-state index contributed by atoms with van der Waals surface area (Å²) < 4.78 is 36.9. The molecule has 0 atom stereocenters. The highest BCUT2D eigenvalue weighted by atomic mass is 19.4. The number of anilines is 1. The molecular weight excluding hydrogens is 237 g/mol. The normalized spacial score (nSPS) is 11.1. The molecule has 1 heterocycles. The van der Waals surface area contributed by atoms with Gasteiger partial charge in [0.2, 0.25) is 11.9 Å². The van der Waals surface area contributed by atoms with E-state index in [1.54, 1.807) is 0 Å². The Hall–Kier alpha value is -1.86. The zero-order valence-electron chi connectivity index (χ0n) is 9.01. The van der Waals surface area contributed by atoms with Crippen LogP contribution in [0, 0.1) is 0 Å². The van der Waals surface area contributed by atoms with Gasteiger partial charge in [-0.05, 0) is 6.07 Å². The maximum absolute atomic E-state index is 12.3. The van der Waals surface area contributed by atoms with E-state index in [-0.39, 0.29) is 24.9 Å². The summed E-state index contributed by atoms with van der Waals surface area (Å²) in [7, 11) is 0. The van der Waals surface area contributed by atoms with E-state index < -0.39 is 11.9 Å². The lowest BCUT2D eigenvalue weighted by Crippen LogP contribution is -2.26. The van der Waals surface area contributed by atoms with Crippen molar-refractivity contribution in [1.82, 2.24) is 15.3 Å². The summed E-state index contributed by atoms with van der Waals surface area (Å²) in [6.07, 6.45) is -3.46. The van der Waals surface area contributed by atoms with Gasteiger partial charge < -0.3 is 10.6 Å². The summed E-state index contributed by atoms with van der Waals surface area (Å²) >= 11 is 0. The molecule has 0 saturated carbocycles. The van der Waals surface area contributed by atoms with Crippen LogP contribution in [0.5, 0.6) is 0 Å². The van der Waals surface area contributed by atoms with E-state index in [4.69, 9.17) is 0 Å². The Bertz CT molecular complexity index is 394. The van der Waals surface area contributed by atoms with Crippen molar-refractivity contribution in [3.63, 3.8) is 0 Å². The maximum atomic E-state index is 12.3. The lowest BCUT2D eigenvalue weighted by molar-refractivity contribution is -0.141. The molecule has 5 nitrogen and oxygen atoms in total. The van der Waals surface area contributed by atoms with Crippen LogP contribution in [0.15, 0.2) is 12.3 Å². The van der Waals surface area contributed by atoms with Crippen LogP contribution >= 0.6 is 0 Å².